The molecule has 0 spiro atoms. The SMILES string of the molecule is CC1(C)c2cc(-c3ccccc3-c3ccc4cc(-c5cc(-c6cccc7c6-c6cc8ccccc8cc6C7(C)C)nc(-c6ccccc6)n5)ccc4c3)ccc2-c2c(-c3ccccc3)cccc21. The molecule has 0 atom stereocenters. The standard InChI is InChI=1S/C66H48N2/c1-65(2)56-27-15-25-52(41-17-7-5-8-18-41)62(56)53-34-33-48(39-58(53)65)51-24-14-13-23-50(51)47-31-29-46-36-49(32-30-45(46)35-47)60-40-61(68-64(67-60)42-19-9-6-10-20-42)54-26-16-28-57-63(54)55-37-43-21-11-12-22-44(43)38-59(55)66(57,3)4/h5-40H,1-4H3. The van der Waals surface area contributed by atoms with Crippen LogP contribution in [0, 0.1) is 0 Å². The van der Waals surface area contributed by atoms with Gasteiger partial charge in [-0.25, -0.2) is 9.97 Å². The highest BCUT2D eigenvalue weighted by molar-refractivity contribution is 6.00. The molecular weight excluding hydrogens is 821 g/mol. The Kier molecular flexibility index (Phi) is 8.95. The molecule has 0 amide bonds. The Morgan fingerprint density at radius 3 is 1.44 bits per heavy atom. The van der Waals surface area contributed by atoms with Crippen LogP contribution < -0.4 is 0 Å². The Morgan fingerprint density at radius 2 is 0.750 bits per heavy atom. The van der Waals surface area contributed by atoms with Crippen molar-refractivity contribution >= 4 is 21.5 Å². The van der Waals surface area contributed by atoms with Gasteiger partial charge in [-0.1, -0.05) is 210 Å². The predicted octanol–water partition coefficient (Wildman–Crippen LogP) is 17.4. The zero-order valence-corrected chi connectivity index (χ0v) is 38.7. The van der Waals surface area contributed by atoms with Crippen molar-refractivity contribution < 1.29 is 0 Å². The van der Waals surface area contributed by atoms with Crippen molar-refractivity contribution in [3.05, 3.63) is 241 Å². The molecule has 2 aliphatic carbocycles. The van der Waals surface area contributed by atoms with E-state index in [1.54, 1.807) is 0 Å². The number of rotatable bonds is 6. The van der Waals surface area contributed by atoms with E-state index in [9.17, 15) is 0 Å². The molecule has 0 unspecified atom stereocenters. The summed E-state index contributed by atoms with van der Waals surface area (Å²) in [5.41, 5.74) is 22.8. The van der Waals surface area contributed by atoms with Crippen LogP contribution in [0.2, 0.25) is 0 Å². The monoisotopic (exact) mass is 868 g/mol. The van der Waals surface area contributed by atoms with Crippen molar-refractivity contribution in [3.63, 3.8) is 0 Å². The fourth-order valence-corrected chi connectivity index (χ4v) is 11.5. The molecule has 0 saturated carbocycles. The van der Waals surface area contributed by atoms with Crippen molar-refractivity contribution in [2.45, 2.75) is 38.5 Å². The smallest absolute Gasteiger partial charge is 0.160 e. The molecule has 10 aromatic carbocycles. The van der Waals surface area contributed by atoms with Crippen molar-refractivity contribution in [2.24, 2.45) is 0 Å². The highest BCUT2D eigenvalue weighted by Crippen LogP contribution is 2.55. The Hall–Kier alpha value is -8.20. The van der Waals surface area contributed by atoms with Gasteiger partial charge in [0.25, 0.3) is 0 Å². The summed E-state index contributed by atoms with van der Waals surface area (Å²) in [5, 5.41) is 4.87. The van der Waals surface area contributed by atoms with Crippen LogP contribution in [-0.2, 0) is 10.8 Å². The molecule has 0 radical (unpaired) electrons. The lowest BCUT2D eigenvalue weighted by atomic mass is 9.81. The third kappa shape index (κ3) is 6.25. The van der Waals surface area contributed by atoms with Crippen molar-refractivity contribution in [1.82, 2.24) is 9.97 Å². The average molecular weight is 869 g/mol. The van der Waals surface area contributed by atoms with Crippen LogP contribution in [0.1, 0.15) is 49.9 Å². The maximum atomic E-state index is 5.34. The van der Waals surface area contributed by atoms with E-state index < -0.39 is 0 Å². The Bertz CT molecular complexity index is 3840. The summed E-state index contributed by atoms with van der Waals surface area (Å²) in [4.78, 5) is 10.6. The van der Waals surface area contributed by atoms with E-state index in [0.29, 0.717) is 5.82 Å². The van der Waals surface area contributed by atoms with Gasteiger partial charge < -0.3 is 0 Å². The van der Waals surface area contributed by atoms with E-state index in [1.165, 1.54) is 99.4 Å². The molecule has 2 aliphatic rings. The van der Waals surface area contributed by atoms with Crippen LogP contribution in [0.4, 0.5) is 0 Å². The molecule has 2 heteroatoms. The second-order valence-electron chi connectivity index (χ2n) is 19.7. The van der Waals surface area contributed by atoms with Crippen LogP contribution in [-0.4, -0.2) is 9.97 Å². The molecule has 0 aliphatic heterocycles. The molecule has 0 fully saturated rings. The minimum absolute atomic E-state index is 0.133. The Labute approximate surface area is 398 Å². The van der Waals surface area contributed by atoms with Crippen molar-refractivity contribution in [1.29, 1.82) is 0 Å². The van der Waals surface area contributed by atoms with Gasteiger partial charge >= 0.3 is 0 Å². The molecule has 11 aromatic rings. The molecule has 0 bridgehead atoms. The number of hydrogen-bond donors (Lipinski definition) is 0. The summed E-state index contributed by atoms with van der Waals surface area (Å²) in [6, 6.07) is 80.0. The summed E-state index contributed by atoms with van der Waals surface area (Å²) in [6.45, 7) is 9.45. The number of aromatic nitrogens is 2. The lowest BCUT2D eigenvalue weighted by molar-refractivity contribution is 0.660. The number of fused-ring (bicyclic) bond motifs is 8. The molecule has 322 valence electrons. The third-order valence-electron chi connectivity index (χ3n) is 15.1. The van der Waals surface area contributed by atoms with E-state index in [1.807, 2.05) is 6.07 Å². The highest BCUT2D eigenvalue weighted by Gasteiger charge is 2.39. The lowest BCUT2D eigenvalue weighted by Gasteiger charge is -2.22. The van der Waals surface area contributed by atoms with E-state index in [-0.39, 0.29) is 10.8 Å². The van der Waals surface area contributed by atoms with Gasteiger partial charge in [0.15, 0.2) is 5.82 Å². The summed E-state index contributed by atoms with van der Waals surface area (Å²) in [6.07, 6.45) is 0. The van der Waals surface area contributed by atoms with Crippen molar-refractivity contribution in [3.8, 4) is 89.5 Å². The van der Waals surface area contributed by atoms with Gasteiger partial charge in [0.05, 0.1) is 11.4 Å². The Morgan fingerprint density at radius 1 is 0.265 bits per heavy atom. The summed E-state index contributed by atoms with van der Waals surface area (Å²) in [7, 11) is 0. The molecular formula is C66H48N2. The maximum absolute atomic E-state index is 5.34. The second-order valence-corrected chi connectivity index (χ2v) is 19.7. The normalized spacial score (nSPS) is 13.8. The summed E-state index contributed by atoms with van der Waals surface area (Å²) in [5.74, 6) is 0.717. The Balaban J connectivity index is 0.890. The first-order valence-corrected chi connectivity index (χ1v) is 23.8. The van der Waals surface area contributed by atoms with Gasteiger partial charge in [-0.3, -0.25) is 0 Å². The second kappa shape index (κ2) is 15.2. The van der Waals surface area contributed by atoms with Crippen LogP contribution in [0.25, 0.3) is 111 Å². The van der Waals surface area contributed by atoms with Crippen LogP contribution >= 0.6 is 0 Å². The predicted molar refractivity (Wildman–Crippen MR) is 285 cm³/mol. The summed E-state index contributed by atoms with van der Waals surface area (Å²) < 4.78 is 0. The topological polar surface area (TPSA) is 25.8 Å². The first kappa shape index (κ1) is 40.1. The molecule has 68 heavy (non-hydrogen) atoms. The highest BCUT2D eigenvalue weighted by atomic mass is 14.9. The molecule has 1 aromatic heterocycles. The fourth-order valence-electron chi connectivity index (χ4n) is 11.5. The van der Waals surface area contributed by atoms with Crippen LogP contribution in [0.5, 0.6) is 0 Å². The molecule has 13 rings (SSSR count). The van der Waals surface area contributed by atoms with Gasteiger partial charge in [-0.15, -0.1) is 0 Å². The molecule has 0 saturated heterocycles. The third-order valence-corrected chi connectivity index (χ3v) is 15.1. The molecule has 1 heterocycles. The molecule has 0 N–H and O–H groups in total. The largest absolute Gasteiger partial charge is 0.228 e. The maximum Gasteiger partial charge on any atom is 0.160 e. The zero-order valence-electron chi connectivity index (χ0n) is 38.7. The van der Waals surface area contributed by atoms with E-state index >= 15 is 0 Å². The zero-order chi connectivity index (χ0) is 45.7. The minimum atomic E-state index is -0.154. The van der Waals surface area contributed by atoms with Crippen molar-refractivity contribution in [2.75, 3.05) is 0 Å². The van der Waals surface area contributed by atoms with Gasteiger partial charge in [-0.2, -0.15) is 0 Å². The first-order valence-electron chi connectivity index (χ1n) is 23.8. The van der Waals surface area contributed by atoms with E-state index in [2.05, 4.69) is 240 Å². The lowest BCUT2D eigenvalue weighted by Crippen LogP contribution is -2.15. The molecule has 2 nitrogen and oxygen atoms in total. The first-order chi connectivity index (χ1) is 33.2. The number of benzene rings is 10. The van der Waals surface area contributed by atoms with Gasteiger partial charge in [-0.05, 0) is 136 Å². The van der Waals surface area contributed by atoms with Gasteiger partial charge in [0, 0.05) is 27.5 Å². The van der Waals surface area contributed by atoms with Crippen LogP contribution in [0.3, 0.4) is 0 Å². The quantitative estimate of drug-likeness (QED) is 0.166. The summed E-state index contributed by atoms with van der Waals surface area (Å²) >= 11 is 0. The van der Waals surface area contributed by atoms with Crippen LogP contribution in [0.15, 0.2) is 218 Å². The fraction of sp³-hybridized carbons (Fsp3) is 0.0909. The number of hydrogen-bond acceptors (Lipinski definition) is 2. The van der Waals surface area contributed by atoms with Gasteiger partial charge in [0.2, 0.25) is 0 Å². The van der Waals surface area contributed by atoms with Gasteiger partial charge in [0.1, 0.15) is 0 Å². The average Bonchev–Trinajstić information content (AvgIpc) is 3.76. The van der Waals surface area contributed by atoms with E-state index in [0.717, 1.165) is 28.1 Å². The van der Waals surface area contributed by atoms with E-state index in [4.69, 9.17) is 9.97 Å². The number of nitrogens with zero attached hydrogens (tertiary/aromatic N) is 2. The minimum Gasteiger partial charge on any atom is -0.228 e.